The van der Waals surface area contributed by atoms with Gasteiger partial charge < -0.3 is 15.6 Å². The molecule has 1 heterocycles. The number of hydrogen-bond acceptors (Lipinski definition) is 6. The SMILES string of the molecule is NC=C1C(=Nc2cccc(C=O)c2)CCCC1NC(=O)c1noc2c1CCCC2. The van der Waals surface area contributed by atoms with Crippen molar-refractivity contribution in [3.63, 3.8) is 0 Å². The third-order valence-electron chi connectivity index (χ3n) is 5.54. The number of aromatic nitrogens is 1. The second-order valence-corrected chi connectivity index (χ2v) is 7.45. The predicted molar refractivity (Wildman–Crippen MR) is 109 cm³/mol. The van der Waals surface area contributed by atoms with E-state index in [1.807, 2.05) is 6.07 Å². The lowest BCUT2D eigenvalue weighted by Gasteiger charge is -2.27. The number of carbonyl (C=O) groups excluding carboxylic acids is 2. The molecule has 4 rings (SSSR count). The average Bonchev–Trinajstić information content (AvgIpc) is 3.18. The van der Waals surface area contributed by atoms with Gasteiger partial charge in [-0.25, -0.2) is 0 Å². The normalized spacial score (nSPS) is 21.7. The molecule has 2 aromatic rings. The smallest absolute Gasteiger partial charge is 0.274 e. The van der Waals surface area contributed by atoms with E-state index in [1.54, 1.807) is 18.2 Å². The van der Waals surface area contributed by atoms with Crippen molar-refractivity contribution in [1.82, 2.24) is 10.5 Å². The fourth-order valence-corrected chi connectivity index (χ4v) is 4.07. The molecule has 7 heteroatoms. The summed E-state index contributed by atoms with van der Waals surface area (Å²) < 4.78 is 5.37. The lowest BCUT2D eigenvalue weighted by molar-refractivity contribution is 0.0930. The van der Waals surface area contributed by atoms with Gasteiger partial charge in [-0.3, -0.25) is 14.6 Å². The van der Waals surface area contributed by atoms with E-state index >= 15 is 0 Å². The summed E-state index contributed by atoms with van der Waals surface area (Å²) >= 11 is 0. The Morgan fingerprint density at radius 1 is 1.24 bits per heavy atom. The zero-order chi connectivity index (χ0) is 20.2. The van der Waals surface area contributed by atoms with Gasteiger partial charge in [0, 0.05) is 35.0 Å². The van der Waals surface area contributed by atoms with Gasteiger partial charge in [0.15, 0.2) is 5.69 Å². The number of amides is 1. The molecule has 7 nitrogen and oxygen atoms in total. The first kappa shape index (κ1) is 19.1. The summed E-state index contributed by atoms with van der Waals surface area (Å²) in [7, 11) is 0. The van der Waals surface area contributed by atoms with Crippen molar-refractivity contribution in [2.75, 3.05) is 0 Å². The van der Waals surface area contributed by atoms with E-state index in [-0.39, 0.29) is 11.9 Å². The Morgan fingerprint density at radius 3 is 2.93 bits per heavy atom. The highest BCUT2D eigenvalue weighted by Crippen LogP contribution is 2.27. The number of aldehydes is 1. The van der Waals surface area contributed by atoms with Gasteiger partial charge in [-0.15, -0.1) is 0 Å². The van der Waals surface area contributed by atoms with Crippen LogP contribution in [-0.2, 0) is 12.8 Å². The first-order valence-electron chi connectivity index (χ1n) is 10.0. The van der Waals surface area contributed by atoms with Crippen LogP contribution in [0.2, 0.25) is 0 Å². The molecule has 1 aromatic carbocycles. The molecule has 1 unspecified atom stereocenters. The first-order chi connectivity index (χ1) is 14.2. The minimum absolute atomic E-state index is 0.231. The van der Waals surface area contributed by atoms with Crippen molar-refractivity contribution in [2.45, 2.75) is 51.0 Å². The first-order valence-corrected chi connectivity index (χ1v) is 10.0. The minimum Gasteiger partial charge on any atom is -0.404 e. The number of nitrogens with two attached hydrogens (primary N) is 1. The highest BCUT2D eigenvalue weighted by molar-refractivity contribution is 6.04. The third kappa shape index (κ3) is 3.99. The zero-order valence-electron chi connectivity index (χ0n) is 16.2. The van der Waals surface area contributed by atoms with Crippen molar-refractivity contribution >= 4 is 23.6 Å². The zero-order valence-corrected chi connectivity index (χ0v) is 16.2. The van der Waals surface area contributed by atoms with Crippen LogP contribution in [0, 0.1) is 0 Å². The number of benzene rings is 1. The highest BCUT2D eigenvalue weighted by Gasteiger charge is 2.29. The van der Waals surface area contributed by atoms with E-state index < -0.39 is 0 Å². The molecule has 150 valence electrons. The van der Waals surface area contributed by atoms with E-state index in [1.165, 1.54) is 6.20 Å². The summed E-state index contributed by atoms with van der Waals surface area (Å²) in [6.07, 6.45) is 8.51. The number of carbonyl (C=O) groups is 2. The Hall–Kier alpha value is -3.22. The summed E-state index contributed by atoms with van der Waals surface area (Å²) in [5.74, 6) is 0.599. The fraction of sp³-hybridized carbons (Fsp3) is 0.364. The van der Waals surface area contributed by atoms with E-state index in [0.29, 0.717) is 16.9 Å². The van der Waals surface area contributed by atoms with Crippen LogP contribution in [0.3, 0.4) is 0 Å². The Morgan fingerprint density at radius 2 is 2.10 bits per heavy atom. The van der Waals surface area contributed by atoms with E-state index in [4.69, 9.17) is 15.2 Å². The molecular weight excluding hydrogens is 368 g/mol. The summed E-state index contributed by atoms with van der Waals surface area (Å²) in [5.41, 5.74) is 10.1. The standard InChI is InChI=1S/C22H24N4O3/c23-12-17-18(24-15-6-3-5-14(11-15)13-27)8-4-9-19(17)25-22(28)21-16-7-1-2-10-20(16)29-26-21/h3,5-6,11-13,19H,1-2,4,7-10,23H2,(H,25,28). The average molecular weight is 392 g/mol. The van der Waals surface area contributed by atoms with Gasteiger partial charge in [0.05, 0.1) is 11.7 Å². The van der Waals surface area contributed by atoms with Gasteiger partial charge in [0.25, 0.3) is 5.91 Å². The Labute approximate surface area is 169 Å². The van der Waals surface area contributed by atoms with Crippen molar-refractivity contribution < 1.29 is 14.1 Å². The number of nitrogens with zero attached hydrogens (tertiary/aromatic N) is 2. The maximum atomic E-state index is 12.9. The quantitative estimate of drug-likeness (QED) is 0.776. The van der Waals surface area contributed by atoms with Gasteiger partial charge in [-0.2, -0.15) is 0 Å². The molecule has 1 atom stereocenters. The number of rotatable bonds is 4. The molecule has 1 aromatic heterocycles. The molecule has 0 radical (unpaired) electrons. The maximum Gasteiger partial charge on any atom is 0.274 e. The lowest BCUT2D eigenvalue weighted by Crippen LogP contribution is -2.41. The van der Waals surface area contributed by atoms with Crippen LogP contribution in [0.4, 0.5) is 5.69 Å². The molecule has 1 saturated carbocycles. The molecule has 2 aliphatic rings. The van der Waals surface area contributed by atoms with Crippen LogP contribution in [0.1, 0.15) is 64.3 Å². The van der Waals surface area contributed by atoms with E-state index in [9.17, 15) is 9.59 Å². The molecule has 29 heavy (non-hydrogen) atoms. The van der Waals surface area contributed by atoms with Gasteiger partial charge in [0.2, 0.25) is 0 Å². The molecule has 0 spiro atoms. The fourth-order valence-electron chi connectivity index (χ4n) is 4.07. The van der Waals surface area contributed by atoms with Crippen LogP contribution in [0.5, 0.6) is 0 Å². The predicted octanol–water partition coefficient (Wildman–Crippen LogP) is 3.26. The Bertz CT molecular complexity index is 990. The van der Waals surface area contributed by atoms with Crippen LogP contribution >= 0.6 is 0 Å². The highest BCUT2D eigenvalue weighted by atomic mass is 16.5. The van der Waals surface area contributed by atoms with Gasteiger partial charge in [0.1, 0.15) is 12.0 Å². The topological polar surface area (TPSA) is 111 Å². The molecule has 3 N–H and O–H groups in total. The maximum absolute atomic E-state index is 12.9. The summed E-state index contributed by atoms with van der Waals surface area (Å²) in [5, 5.41) is 7.08. The number of fused-ring (bicyclic) bond motifs is 1. The van der Waals surface area contributed by atoms with Crippen LogP contribution in [0.15, 0.2) is 45.6 Å². The largest absolute Gasteiger partial charge is 0.404 e. The van der Waals surface area contributed by atoms with Crippen molar-refractivity contribution in [2.24, 2.45) is 10.7 Å². The molecule has 2 aliphatic carbocycles. The molecular formula is C22H24N4O3. The van der Waals surface area contributed by atoms with Gasteiger partial charge in [-0.05, 0) is 50.7 Å². The number of nitrogens with one attached hydrogen (secondary N) is 1. The van der Waals surface area contributed by atoms with Crippen molar-refractivity contribution in [1.29, 1.82) is 0 Å². The Kier molecular flexibility index (Phi) is 5.55. The molecule has 1 amide bonds. The van der Waals surface area contributed by atoms with Crippen LogP contribution in [0.25, 0.3) is 0 Å². The van der Waals surface area contributed by atoms with Crippen LogP contribution in [-0.4, -0.2) is 29.1 Å². The third-order valence-corrected chi connectivity index (χ3v) is 5.54. The van der Waals surface area contributed by atoms with Crippen molar-refractivity contribution in [3.8, 4) is 0 Å². The Balaban J connectivity index is 1.54. The number of aliphatic imine (C=N–C) groups is 1. The number of aryl methyl sites for hydroxylation is 1. The molecule has 0 saturated heterocycles. The van der Waals surface area contributed by atoms with Crippen LogP contribution < -0.4 is 11.1 Å². The number of hydrogen-bond donors (Lipinski definition) is 2. The van der Waals surface area contributed by atoms with E-state index in [0.717, 1.165) is 73.8 Å². The van der Waals surface area contributed by atoms with E-state index in [2.05, 4.69) is 10.5 Å². The van der Waals surface area contributed by atoms with Crippen molar-refractivity contribution in [3.05, 3.63) is 58.6 Å². The summed E-state index contributed by atoms with van der Waals surface area (Å²) in [4.78, 5) is 28.6. The summed E-state index contributed by atoms with van der Waals surface area (Å²) in [6.45, 7) is 0. The van der Waals surface area contributed by atoms with Gasteiger partial charge in [-0.1, -0.05) is 17.3 Å². The minimum atomic E-state index is -0.231. The lowest BCUT2D eigenvalue weighted by atomic mass is 9.88. The summed E-state index contributed by atoms with van der Waals surface area (Å²) in [6, 6.07) is 6.88. The molecule has 1 fully saturated rings. The molecule has 0 aliphatic heterocycles. The molecule has 0 bridgehead atoms. The monoisotopic (exact) mass is 392 g/mol. The second-order valence-electron chi connectivity index (χ2n) is 7.45. The van der Waals surface area contributed by atoms with Gasteiger partial charge >= 0.3 is 0 Å². The second kappa shape index (κ2) is 8.43.